The summed E-state index contributed by atoms with van der Waals surface area (Å²) >= 11 is 4.06. The third-order valence-electron chi connectivity index (χ3n) is 6.63. The Morgan fingerprint density at radius 1 is 1.34 bits per heavy atom. The van der Waals surface area contributed by atoms with Gasteiger partial charge in [0.25, 0.3) is 5.91 Å². The van der Waals surface area contributed by atoms with Gasteiger partial charge in [0.1, 0.15) is 12.7 Å². The molecule has 0 radical (unpaired) electrons. The van der Waals surface area contributed by atoms with Crippen molar-refractivity contribution in [1.29, 1.82) is 0 Å². The Morgan fingerprint density at radius 3 is 2.61 bits per heavy atom. The number of carbonyl (C=O) groups excluding carboxylic acids is 1. The van der Waals surface area contributed by atoms with E-state index in [-0.39, 0.29) is 28.9 Å². The summed E-state index contributed by atoms with van der Waals surface area (Å²) in [4.78, 5) is 20.3. The number of rotatable bonds is 9. The van der Waals surface area contributed by atoms with Crippen LogP contribution in [0, 0.1) is 12.3 Å². The normalized spacial score (nSPS) is 17.1. The monoisotopic (exact) mass is 639 g/mol. The van der Waals surface area contributed by atoms with Crippen LogP contribution in [-0.2, 0) is 17.9 Å². The maximum atomic E-state index is 15.1. The third-order valence-corrected chi connectivity index (χ3v) is 6.96. The van der Waals surface area contributed by atoms with E-state index in [9.17, 15) is 18.0 Å². The van der Waals surface area contributed by atoms with E-state index in [0.29, 0.717) is 36.1 Å². The maximum Gasteiger partial charge on any atom is 0.406 e. The van der Waals surface area contributed by atoms with E-state index in [4.69, 9.17) is 4.52 Å². The smallest absolute Gasteiger partial charge is 0.393 e. The van der Waals surface area contributed by atoms with Gasteiger partial charge in [-0.2, -0.15) is 18.2 Å². The number of hydrogen-bond donors (Lipinski definition) is 3. The Bertz CT molecular complexity index is 1430. The summed E-state index contributed by atoms with van der Waals surface area (Å²) in [7, 11) is 3.48. The van der Waals surface area contributed by atoms with Crippen molar-refractivity contribution in [1.82, 2.24) is 30.2 Å². The zero-order chi connectivity index (χ0) is 33.0. The van der Waals surface area contributed by atoms with Gasteiger partial charge in [-0.3, -0.25) is 4.79 Å². The number of benzene rings is 1. The van der Waals surface area contributed by atoms with Crippen LogP contribution >= 0.6 is 12.6 Å². The number of anilines is 1. The summed E-state index contributed by atoms with van der Waals surface area (Å²) in [6, 6.07) is 6.23. The van der Waals surface area contributed by atoms with Crippen molar-refractivity contribution in [3.8, 4) is 23.9 Å². The number of thiol groups is 1. The Balaban J connectivity index is 0.00000127. The first-order valence-corrected chi connectivity index (χ1v) is 14.7. The third kappa shape index (κ3) is 9.40. The molecule has 1 aliphatic rings. The van der Waals surface area contributed by atoms with Crippen LogP contribution in [-0.4, -0.2) is 77.6 Å². The van der Waals surface area contributed by atoms with Gasteiger partial charge in [-0.15, -0.1) is 25.0 Å². The minimum Gasteiger partial charge on any atom is -0.393 e. The van der Waals surface area contributed by atoms with Gasteiger partial charge in [0.05, 0.1) is 28.7 Å². The molecule has 1 saturated heterocycles. The number of halogens is 4. The van der Waals surface area contributed by atoms with Gasteiger partial charge in [-0.25, -0.2) is 4.39 Å². The number of alkyl halides is 4. The topological polar surface area (TPSA) is 91.5 Å². The van der Waals surface area contributed by atoms with Crippen molar-refractivity contribution < 1.29 is 26.9 Å². The number of hydrogen-bond acceptors (Lipinski definition) is 8. The fourth-order valence-electron chi connectivity index (χ4n) is 4.91. The van der Waals surface area contributed by atoms with Crippen molar-refractivity contribution in [3.63, 3.8) is 0 Å². The van der Waals surface area contributed by atoms with Crippen molar-refractivity contribution >= 4 is 35.1 Å². The lowest BCUT2D eigenvalue weighted by Gasteiger charge is -2.40. The fraction of sp³-hybridized carbons (Fsp3) is 0.500. The summed E-state index contributed by atoms with van der Waals surface area (Å²) < 4.78 is 62.5. The number of piperidine rings is 1. The van der Waals surface area contributed by atoms with Crippen molar-refractivity contribution in [2.75, 3.05) is 38.6 Å². The molecular formula is C30H41F4N7O2S. The number of aromatic nitrogens is 3. The van der Waals surface area contributed by atoms with Crippen LogP contribution in [0.5, 0.6) is 0 Å². The Labute approximate surface area is 261 Å². The van der Waals surface area contributed by atoms with Gasteiger partial charge >= 0.3 is 6.18 Å². The van der Waals surface area contributed by atoms with Gasteiger partial charge in [0, 0.05) is 44.0 Å². The highest BCUT2D eigenvalue weighted by atomic mass is 32.1. The average molecular weight is 640 g/mol. The van der Waals surface area contributed by atoms with E-state index < -0.39 is 30.8 Å². The molecule has 242 valence electrons. The van der Waals surface area contributed by atoms with Gasteiger partial charge < -0.3 is 29.5 Å². The summed E-state index contributed by atoms with van der Waals surface area (Å²) in [5, 5.41) is 9.65. The van der Waals surface area contributed by atoms with Crippen molar-refractivity contribution in [2.24, 2.45) is 0 Å². The predicted octanol–water partition coefficient (Wildman–Crippen LogP) is 5.39. The number of terminal acetylenes is 1. The van der Waals surface area contributed by atoms with E-state index in [1.807, 2.05) is 37.6 Å². The zero-order valence-electron chi connectivity index (χ0n) is 25.9. The molecule has 0 saturated carbocycles. The minimum atomic E-state index is -4.53. The quantitative estimate of drug-likeness (QED) is 0.125. The largest absolute Gasteiger partial charge is 0.406 e. The molecule has 2 aromatic heterocycles. The highest BCUT2D eigenvalue weighted by Gasteiger charge is 2.34. The molecule has 0 spiro atoms. The lowest BCUT2D eigenvalue weighted by Crippen LogP contribution is -2.51. The lowest BCUT2D eigenvalue weighted by molar-refractivity contribution is -0.139. The summed E-state index contributed by atoms with van der Waals surface area (Å²) in [6.07, 6.45) is 0.949. The minimum absolute atomic E-state index is 0.00904. The Morgan fingerprint density at radius 2 is 2.02 bits per heavy atom. The molecular weight excluding hydrogens is 598 g/mol. The van der Waals surface area contributed by atoms with Crippen molar-refractivity contribution in [2.45, 2.75) is 65.6 Å². The van der Waals surface area contributed by atoms with Crippen LogP contribution in [0.2, 0.25) is 0 Å². The molecule has 1 fully saturated rings. The first-order chi connectivity index (χ1) is 20.9. The van der Waals surface area contributed by atoms with Crippen LogP contribution in [0.1, 0.15) is 40.0 Å². The molecule has 2 N–H and O–H groups in total. The molecule has 3 heterocycles. The van der Waals surface area contributed by atoms with Gasteiger partial charge in [0.2, 0.25) is 11.7 Å². The first kappa shape index (κ1) is 36.5. The molecule has 14 heteroatoms. The van der Waals surface area contributed by atoms with E-state index in [1.54, 1.807) is 38.2 Å². The van der Waals surface area contributed by atoms with Crippen molar-refractivity contribution in [3.05, 3.63) is 41.3 Å². The predicted molar refractivity (Wildman–Crippen MR) is 169 cm³/mol. The molecule has 0 bridgehead atoms. The average Bonchev–Trinajstić information content (AvgIpc) is 3.59. The molecule has 9 nitrogen and oxygen atoms in total. The van der Waals surface area contributed by atoms with E-state index in [2.05, 4.69) is 45.7 Å². The first-order valence-electron chi connectivity index (χ1n) is 14.3. The Kier molecular flexibility index (Phi) is 14.1. The lowest BCUT2D eigenvalue weighted by atomic mass is 10.00. The van der Waals surface area contributed by atoms with Crippen LogP contribution in [0.3, 0.4) is 0 Å². The molecule has 2 unspecified atom stereocenters. The highest BCUT2D eigenvalue weighted by molar-refractivity contribution is 7.85. The van der Waals surface area contributed by atoms with Gasteiger partial charge in [-0.1, -0.05) is 25.1 Å². The second-order valence-corrected chi connectivity index (χ2v) is 10.1. The molecule has 2 atom stereocenters. The molecule has 1 aliphatic heterocycles. The SMILES string of the molecule is C#CC.CC.CCN(c1cccc2c1cc(-c1noc(CNC(=O)/C(S)=C/NC)n1)n2CC(F)(F)F)C1CCN(C)CC1F. The standard InChI is InChI=1S/C25H31F4N7O2S.C3H4.C2H6/c1-4-35(19-8-9-34(3)13-16(19)26)17-6-5-7-18-15(17)10-20(36(18)14-25(27,28)29)23-32-22(38-33-23)12-31-24(37)21(39)11-30-2;1-3-2;1-2/h5-7,10-11,16,19,30,39H,4,8-9,12-14H2,1-3H3,(H,31,37);1H,2H3;1-2H3/b21-11-;;. The molecule has 1 aromatic carbocycles. The molecule has 0 aliphatic carbocycles. The van der Waals surface area contributed by atoms with E-state index >= 15 is 4.39 Å². The van der Waals surface area contributed by atoms with Crippen LogP contribution < -0.4 is 15.5 Å². The van der Waals surface area contributed by atoms with Crippen LogP contribution in [0.4, 0.5) is 23.2 Å². The number of amides is 1. The number of carbonyl (C=O) groups is 1. The maximum absolute atomic E-state index is 15.1. The highest BCUT2D eigenvalue weighted by Crippen LogP contribution is 2.37. The van der Waals surface area contributed by atoms with Gasteiger partial charge in [-0.05, 0) is 45.5 Å². The number of nitrogens with one attached hydrogen (secondary N) is 2. The second kappa shape index (κ2) is 17.0. The van der Waals surface area contributed by atoms with E-state index in [1.165, 1.54) is 6.20 Å². The fourth-order valence-corrected chi connectivity index (χ4v) is 5.12. The number of nitrogens with zero attached hydrogens (tertiary/aromatic N) is 5. The molecule has 44 heavy (non-hydrogen) atoms. The molecule has 4 rings (SSSR count). The van der Waals surface area contributed by atoms with Crippen LogP contribution in [0.15, 0.2) is 39.9 Å². The summed E-state index contributed by atoms with van der Waals surface area (Å²) in [5.41, 5.74) is 1.05. The molecule has 3 aromatic rings. The zero-order valence-corrected chi connectivity index (χ0v) is 26.8. The summed E-state index contributed by atoms with van der Waals surface area (Å²) in [5.74, 6) is 1.70. The number of fused-ring (bicyclic) bond motifs is 1. The second-order valence-electron chi connectivity index (χ2n) is 9.66. The Hall–Kier alpha value is -3.70. The molecule has 1 amide bonds. The van der Waals surface area contributed by atoms with E-state index in [0.717, 1.165) is 11.1 Å². The van der Waals surface area contributed by atoms with Gasteiger partial charge in [0.15, 0.2) is 0 Å². The summed E-state index contributed by atoms with van der Waals surface area (Å²) in [6.45, 7) is 7.63. The number of likely N-dealkylation sites (tertiary alicyclic amines) is 1. The van der Waals surface area contributed by atoms with Crippen LogP contribution in [0.25, 0.3) is 22.4 Å².